The molecule has 1 N–H and O–H groups in total. The van der Waals surface area contributed by atoms with E-state index in [1.165, 1.54) is 16.8 Å². The van der Waals surface area contributed by atoms with Crippen molar-refractivity contribution in [2.24, 2.45) is 4.99 Å². The molecule has 0 amide bonds. The molecule has 2 aliphatic rings. The van der Waals surface area contributed by atoms with Crippen molar-refractivity contribution in [1.29, 1.82) is 0 Å². The van der Waals surface area contributed by atoms with E-state index in [2.05, 4.69) is 88.5 Å². The van der Waals surface area contributed by atoms with E-state index in [0.717, 1.165) is 11.4 Å². The predicted octanol–water partition coefficient (Wildman–Crippen LogP) is 5.21. The van der Waals surface area contributed by atoms with Crippen molar-refractivity contribution in [3.05, 3.63) is 59.7 Å². The second-order valence-electron chi connectivity index (χ2n) is 8.02. The van der Waals surface area contributed by atoms with Crippen LogP contribution in [0, 0.1) is 0 Å². The van der Waals surface area contributed by atoms with Crippen molar-refractivity contribution in [1.82, 2.24) is 0 Å². The third-order valence-electron chi connectivity index (χ3n) is 6.11. The molecule has 2 heteroatoms. The highest BCUT2D eigenvalue weighted by Crippen LogP contribution is 2.53. The summed E-state index contributed by atoms with van der Waals surface area (Å²) in [6.07, 6.45) is 0. The molecule has 2 nitrogen and oxygen atoms in total. The third-order valence-corrected chi connectivity index (χ3v) is 6.11. The van der Waals surface area contributed by atoms with Gasteiger partial charge in [-0.2, -0.15) is 0 Å². The second-order valence-corrected chi connectivity index (χ2v) is 8.02. The van der Waals surface area contributed by atoms with E-state index >= 15 is 0 Å². The molecule has 0 fully saturated rings. The molecule has 118 valence electrons. The maximum absolute atomic E-state index is 5.14. The number of hydrogen-bond donors (Lipinski definition) is 1. The van der Waals surface area contributed by atoms with E-state index in [-0.39, 0.29) is 16.4 Å². The van der Waals surface area contributed by atoms with Crippen LogP contribution >= 0.6 is 0 Å². The van der Waals surface area contributed by atoms with E-state index in [4.69, 9.17) is 4.99 Å². The minimum Gasteiger partial charge on any atom is -0.372 e. The molecule has 1 aliphatic carbocycles. The Morgan fingerprint density at radius 1 is 0.783 bits per heavy atom. The molecular weight excluding hydrogens is 280 g/mol. The van der Waals surface area contributed by atoms with Crippen molar-refractivity contribution in [3.8, 4) is 0 Å². The van der Waals surface area contributed by atoms with Gasteiger partial charge in [-0.05, 0) is 30.2 Å². The number of benzene rings is 2. The van der Waals surface area contributed by atoms with Gasteiger partial charge in [-0.25, -0.2) is 0 Å². The lowest BCUT2D eigenvalue weighted by atomic mass is 9.52. The van der Waals surface area contributed by atoms with E-state index in [1.807, 2.05) is 0 Å². The fourth-order valence-corrected chi connectivity index (χ4v) is 4.42. The summed E-state index contributed by atoms with van der Waals surface area (Å²) in [5, 5.41) is 3.83. The summed E-state index contributed by atoms with van der Waals surface area (Å²) >= 11 is 0. The van der Waals surface area contributed by atoms with Gasteiger partial charge in [-0.15, -0.1) is 0 Å². The molecule has 23 heavy (non-hydrogen) atoms. The van der Waals surface area contributed by atoms with E-state index in [9.17, 15) is 0 Å². The standard InChI is InChI=1S/C21H24N2/c1-19(2)14-10-6-7-11-15(14)20(3,4)21(5)18(19)22-16-12-8-9-13-17(16)23-21/h6-13,23H,1-5H3/t21-/m1/s1. The second kappa shape index (κ2) is 4.25. The molecule has 0 aromatic heterocycles. The van der Waals surface area contributed by atoms with E-state index in [0.29, 0.717) is 0 Å². The monoisotopic (exact) mass is 304 g/mol. The average Bonchev–Trinajstić information content (AvgIpc) is 2.53. The maximum Gasteiger partial charge on any atom is 0.0862 e. The van der Waals surface area contributed by atoms with Crippen LogP contribution in [0.25, 0.3) is 0 Å². The fraction of sp³-hybridized carbons (Fsp3) is 0.381. The molecule has 1 atom stereocenters. The highest BCUT2D eigenvalue weighted by atomic mass is 15.1. The first-order chi connectivity index (χ1) is 10.8. The molecule has 0 saturated carbocycles. The molecule has 1 aliphatic heterocycles. The van der Waals surface area contributed by atoms with E-state index < -0.39 is 0 Å². The molecule has 4 rings (SSSR count). The van der Waals surface area contributed by atoms with Gasteiger partial charge in [0.05, 0.1) is 22.6 Å². The lowest BCUT2D eigenvalue weighted by molar-refractivity contribution is 0.351. The Labute approximate surface area is 138 Å². The lowest BCUT2D eigenvalue weighted by Crippen LogP contribution is -2.66. The Balaban J connectivity index is 2.08. The first-order valence-corrected chi connectivity index (χ1v) is 8.35. The molecule has 2 aromatic rings. The van der Waals surface area contributed by atoms with Crippen LogP contribution in [-0.2, 0) is 10.8 Å². The summed E-state index contributed by atoms with van der Waals surface area (Å²) in [5.41, 5.74) is 5.85. The summed E-state index contributed by atoms with van der Waals surface area (Å²) in [4.78, 5) is 5.14. The summed E-state index contributed by atoms with van der Waals surface area (Å²) in [7, 11) is 0. The zero-order valence-corrected chi connectivity index (χ0v) is 14.6. The summed E-state index contributed by atoms with van der Waals surface area (Å²) < 4.78 is 0. The summed E-state index contributed by atoms with van der Waals surface area (Å²) in [6.45, 7) is 11.6. The van der Waals surface area contributed by atoms with Crippen molar-refractivity contribution in [3.63, 3.8) is 0 Å². The highest BCUT2D eigenvalue weighted by molar-refractivity contribution is 6.10. The lowest BCUT2D eigenvalue weighted by Gasteiger charge is -2.57. The molecule has 0 unspecified atom stereocenters. The first kappa shape index (κ1) is 14.5. The van der Waals surface area contributed by atoms with Crippen LogP contribution in [0.1, 0.15) is 45.7 Å². The Kier molecular flexibility index (Phi) is 2.68. The largest absolute Gasteiger partial charge is 0.372 e. The SMILES string of the molecule is CC1(C)C2=Nc3ccccc3N[C@@]2(C)C(C)(C)c2ccccc21. The smallest absolute Gasteiger partial charge is 0.0862 e. The number of anilines is 1. The van der Waals surface area contributed by atoms with Gasteiger partial charge in [0.2, 0.25) is 0 Å². The van der Waals surface area contributed by atoms with Crippen molar-refractivity contribution in [2.45, 2.75) is 51.0 Å². The zero-order valence-electron chi connectivity index (χ0n) is 14.6. The number of aliphatic imine (C=N–C) groups is 1. The number of nitrogens with one attached hydrogen (secondary N) is 1. The number of hydrogen-bond acceptors (Lipinski definition) is 2. The van der Waals surface area contributed by atoms with Crippen LogP contribution in [0.15, 0.2) is 53.5 Å². The number of nitrogens with zero attached hydrogens (tertiary/aromatic N) is 1. The molecule has 0 bridgehead atoms. The number of rotatable bonds is 0. The molecule has 0 spiro atoms. The van der Waals surface area contributed by atoms with Crippen LogP contribution in [0.3, 0.4) is 0 Å². The Morgan fingerprint density at radius 3 is 2.13 bits per heavy atom. The highest BCUT2D eigenvalue weighted by Gasteiger charge is 2.57. The Morgan fingerprint density at radius 2 is 1.39 bits per heavy atom. The molecule has 2 aromatic carbocycles. The van der Waals surface area contributed by atoms with Gasteiger partial charge >= 0.3 is 0 Å². The van der Waals surface area contributed by atoms with Crippen LogP contribution in [-0.4, -0.2) is 11.3 Å². The van der Waals surface area contributed by atoms with Gasteiger partial charge in [-0.3, -0.25) is 4.99 Å². The van der Waals surface area contributed by atoms with Gasteiger partial charge in [0.15, 0.2) is 0 Å². The Hall–Kier alpha value is -2.09. The number of para-hydroxylation sites is 2. The normalized spacial score (nSPS) is 26.2. The van der Waals surface area contributed by atoms with Gasteiger partial charge in [0, 0.05) is 10.8 Å². The predicted molar refractivity (Wildman–Crippen MR) is 98.1 cm³/mol. The average molecular weight is 304 g/mol. The fourth-order valence-electron chi connectivity index (χ4n) is 4.42. The summed E-state index contributed by atoms with van der Waals surface area (Å²) in [6, 6.07) is 17.2. The molecule has 0 saturated heterocycles. The first-order valence-electron chi connectivity index (χ1n) is 8.35. The molecule has 1 heterocycles. The van der Waals surface area contributed by atoms with Gasteiger partial charge in [0.25, 0.3) is 0 Å². The van der Waals surface area contributed by atoms with Crippen LogP contribution in [0.5, 0.6) is 0 Å². The van der Waals surface area contributed by atoms with Gasteiger partial charge < -0.3 is 5.32 Å². The summed E-state index contributed by atoms with van der Waals surface area (Å²) in [5.74, 6) is 0. The topological polar surface area (TPSA) is 24.4 Å². The number of fused-ring (bicyclic) bond motifs is 3. The molecule has 0 radical (unpaired) electrons. The molecular formula is C21H24N2. The van der Waals surface area contributed by atoms with Crippen molar-refractivity contribution >= 4 is 17.1 Å². The van der Waals surface area contributed by atoms with Crippen LogP contribution < -0.4 is 5.32 Å². The zero-order chi connectivity index (χ0) is 16.5. The van der Waals surface area contributed by atoms with Crippen LogP contribution in [0.4, 0.5) is 11.4 Å². The maximum atomic E-state index is 5.14. The quantitative estimate of drug-likeness (QED) is 0.709. The Bertz CT molecular complexity index is 829. The van der Waals surface area contributed by atoms with Crippen molar-refractivity contribution < 1.29 is 0 Å². The van der Waals surface area contributed by atoms with Crippen LogP contribution in [0.2, 0.25) is 0 Å². The minimum absolute atomic E-state index is 0.0501. The van der Waals surface area contributed by atoms with Gasteiger partial charge in [-0.1, -0.05) is 64.1 Å². The minimum atomic E-state index is -0.209. The van der Waals surface area contributed by atoms with Crippen molar-refractivity contribution in [2.75, 3.05) is 5.32 Å². The van der Waals surface area contributed by atoms with E-state index in [1.54, 1.807) is 0 Å². The third kappa shape index (κ3) is 1.67. The van der Waals surface area contributed by atoms with Gasteiger partial charge in [0.1, 0.15) is 0 Å².